The first kappa shape index (κ1) is 16.3. The van der Waals surface area contributed by atoms with E-state index in [9.17, 15) is 9.59 Å². The molecule has 0 radical (unpaired) electrons. The Bertz CT molecular complexity index is 491. The third-order valence-corrected chi connectivity index (χ3v) is 3.21. The fourth-order valence-electron chi connectivity index (χ4n) is 1.72. The van der Waals surface area contributed by atoms with Gasteiger partial charge in [-0.2, -0.15) is 0 Å². The van der Waals surface area contributed by atoms with Crippen molar-refractivity contribution in [3.05, 3.63) is 28.8 Å². The molecule has 20 heavy (non-hydrogen) atoms. The summed E-state index contributed by atoms with van der Waals surface area (Å²) >= 11 is 5.86. The monoisotopic (exact) mass is 298 g/mol. The van der Waals surface area contributed by atoms with Crippen molar-refractivity contribution in [3.8, 4) is 0 Å². The Labute approximate surface area is 123 Å². The number of urea groups is 1. The van der Waals surface area contributed by atoms with E-state index in [4.69, 9.17) is 16.7 Å². The molecule has 0 aromatic heterocycles. The molecule has 5 nitrogen and oxygen atoms in total. The lowest BCUT2D eigenvalue weighted by molar-refractivity contribution is 0.0697. The summed E-state index contributed by atoms with van der Waals surface area (Å²) in [4.78, 5) is 24.6. The second-order valence-corrected chi connectivity index (χ2v) is 4.77. The van der Waals surface area contributed by atoms with Crippen molar-refractivity contribution < 1.29 is 14.7 Å². The Hall–Kier alpha value is -1.75. The quantitative estimate of drug-likeness (QED) is 0.841. The fraction of sp³-hybridized carbons (Fsp3) is 0.429. The number of halogens is 1. The number of amides is 2. The molecule has 0 saturated heterocycles. The van der Waals surface area contributed by atoms with Gasteiger partial charge in [-0.25, -0.2) is 9.59 Å². The molecule has 0 spiro atoms. The van der Waals surface area contributed by atoms with Gasteiger partial charge in [-0.1, -0.05) is 24.9 Å². The number of nitrogens with zero attached hydrogens (tertiary/aromatic N) is 1. The number of rotatable bonds is 6. The number of carbonyl (C=O) groups is 2. The molecule has 2 amide bonds. The van der Waals surface area contributed by atoms with Crippen molar-refractivity contribution >= 4 is 29.3 Å². The van der Waals surface area contributed by atoms with Crippen LogP contribution in [0.5, 0.6) is 0 Å². The van der Waals surface area contributed by atoms with E-state index in [0.29, 0.717) is 18.8 Å². The van der Waals surface area contributed by atoms with E-state index >= 15 is 0 Å². The lowest BCUT2D eigenvalue weighted by atomic mass is 10.2. The summed E-state index contributed by atoms with van der Waals surface area (Å²) in [6, 6.07) is 4.14. The average Bonchev–Trinajstić information content (AvgIpc) is 2.39. The molecule has 6 heteroatoms. The van der Waals surface area contributed by atoms with Gasteiger partial charge in [0.15, 0.2) is 0 Å². The fourth-order valence-corrected chi connectivity index (χ4v) is 1.98. The summed E-state index contributed by atoms with van der Waals surface area (Å²) in [5, 5.41) is 11.7. The summed E-state index contributed by atoms with van der Waals surface area (Å²) in [6.07, 6.45) is 1.96. The number of anilines is 1. The highest BCUT2D eigenvalue weighted by molar-refractivity contribution is 6.33. The zero-order valence-corrected chi connectivity index (χ0v) is 12.4. The van der Waals surface area contributed by atoms with Crippen molar-refractivity contribution in [2.75, 3.05) is 18.4 Å². The van der Waals surface area contributed by atoms with Crippen LogP contribution in [0.2, 0.25) is 5.02 Å². The minimum Gasteiger partial charge on any atom is -0.478 e. The molecule has 0 aliphatic heterocycles. The number of nitrogens with one attached hydrogen (secondary N) is 1. The Morgan fingerprint density at radius 3 is 2.55 bits per heavy atom. The SMILES string of the molecule is CCCCN(CC)C(=O)Nc1ccc(C(=O)O)c(Cl)c1. The number of carboxylic acid groups (broad SMARTS) is 1. The van der Waals surface area contributed by atoms with Crippen LogP contribution >= 0.6 is 11.6 Å². The maximum atomic E-state index is 12.0. The summed E-state index contributed by atoms with van der Waals surface area (Å²) < 4.78 is 0. The Balaban J connectivity index is 2.74. The minimum absolute atomic E-state index is 0.0167. The predicted molar refractivity (Wildman–Crippen MR) is 79.6 cm³/mol. The Morgan fingerprint density at radius 1 is 1.35 bits per heavy atom. The molecule has 0 unspecified atom stereocenters. The largest absolute Gasteiger partial charge is 0.478 e. The molecule has 1 rings (SSSR count). The van der Waals surface area contributed by atoms with E-state index in [0.717, 1.165) is 12.8 Å². The highest BCUT2D eigenvalue weighted by Crippen LogP contribution is 2.21. The second-order valence-electron chi connectivity index (χ2n) is 4.36. The van der Waals surface area contributed by atoms with Gasteiger partial charge in [0.25, 0.3) is 0 Å². The summed E-state index contributed by atoms with van der Waals surface area (Å²) in [6.45, 7) is 5.29. The zero-order chi connectivity index (χ0) is 15.1. The summed E-state index contributed by atoms with van der Waals surface area (Å²) in [5.41, 5.74) is 0.503. The molecule has 0 aliphatic rings. The van der Waals surface area contributed by atoms with Crippen molar-refractivity contribution in [2.24, 2.45) is 0 Å². The normalized spacial score (nSPS) is 10.2. The molecule has 1 aromatic rings. The third-order valence-electron chi connectivity index (χ3n) is 2.90. The molecule has 110 valence electrons. The van der Waals surface area contributed by atoms with Gasteiger partial charge in [0, 0.05) is 18.8 Å². The Kier molecular flexibility index (Phi) is 6.31. The second kappa shape index (κ2) is 7.75. The summed E-state index contributed by atoms with van der Waals surface area (Å²) in [5.74, 6) is -1.09. The van der Waals surface area contributed by atoms with Crippen LogP contribution in [0, 0.1) is 0 Å². The van der Waals surface area contributed by atoms with Crippen molar-refractivity contribution in [3.63, 3.8) is 0 Å². The number of carbonyl (C=O) groups excluding carboxylic acids is 1. The van der Waals surface area contributed by atoms with Crippen LogP contribution in [0.4, 0.5) is 10.5 Å². The Morgan fingerprint density at radius 2 is 2.05 bits per heavy atom. The number of aromatic carboxylic acids is 1. The van der Waals surface area contributed by atoms with Crippen LogP contribution in [0.3, 0.4) is 0 Å². The molecular weight excluding hydrogens is 280 g/mol. The standard InChI is InChI=1S/C14H19ClN2O3/c1-3-5-8-17(4-2)14(20)16-10-6-7-11(13(18)19)12(15)9-10/h6-7,9H,3-5,8H2,1-2H3,(H,16,20)(H,18,19). The molecule has 0 saturated carbocycles. The predicted octanol–water partition coefficient (Wildman–Crippen LogP) is 3.69. The van der Waals surface area contributed by atoms with Crippen LogP contribution in [-0.2, 0) is 0 Å². The van der Waals surface area contributed by atoms with Gasteiger partial charge in [-0.15, -0.1) is 0 Å². The average molecular weight is 299 g/mol. The molecule has 1 aromatic carbocycles. The highest BCUT2D eigenvalue weighted by Gasteiger charge is 2.13. The van der Waals surface area contributed by atoms with Crippen LogP contribution in [0.15, 0.2) is 18.2 Å². The molecule has 0 aliphatic carbocycles. The maximum Gasteiger partial charge on any atom is 0.337 e. The first-order valence-corrected chi connectivity index (χ1v) is 6.96. The molecule has 2 N–H and O–H groups in total. The first-order valence-electron chi connectivity index (χ1n) is 6.58. The lowest BCUT2D eigenvalue weighted by Crippen LogP contribution is -2.35. The molecular formula is C14H19ClN2O3. The number of unbranched alkanes of at least 4 members (excludes halogenated alkanes) is 1. The third kappa shape index (κ3) is 4.42. The molecule has 0 fully saturated rings. The van der Waals surface area contributed by atoms with Gasteiger partial charge in [-0.3, -0.25) is 0 Å². The van der Waals surface area contributed by atoms with E-state index in [1.54, 1.807) is 4.90 Å². The maximum absolute atomic E-state index is 12.0. The molecule has 0 atom stereocenters. The lowest BCUT2D eigenvalue weighted by Gasteiger charge is -2.21. The number of benzene rings is 1. The van der Waals surface area contributed by atoms with Crippen LogP contribution < -0.4 is 5.32 Å². The smallest absolute Gasteiger partial charge is 0.337 e. The topological polar surface area (TPSA) is 69.6 Å². The summed E-state index contributed by atoms with van der Waals surface area (Å²) in [7, 11) is 0. The minimum atomic E-state index is -1.09. The first-order chi connectivity index (χ1) is 9.49. The zero-order valence-electron chi connectivity index (χ0n) is 11.6. The van der Waals surface area contributed by atoms with Crippen LogP contribution in [0.25, 0.3) is 0 Å². The van der Waals surface area contributed by atoms with Crippen molar-refractivity contribution in [2.45, 2.75) is 26.7 Å². The van der Waals surface area contributed by atoms with Crippen molar-refractivity contribution in [1.29, 1.82) is 0 Å². The van der Waals surface area contributed by atoms with Gasteiger partial charge >= 0.3 is 12.0 Å². The molecule has 0 bridgehead atoms. The number of hydrogen-bond acceptors (Lipinski definition) is 2. The van der Waals surface area contributed by atoms with Gasteiger partial charge < -0.3 is 15.3 Å². The van der Waals surface area contributed by atoms with Gasteiger partial charge in [-0.05, 0) is 31.5 Å². The van der Waals surface area contributed by atoms with Gasteiger partial charge in [0.2, 0.25) is 0 Å². The molecule has 0 heterocycles. The van der Waals surface area contributed by atoms with E-state index in [1.807, 2.05) is 6.92 Å². The number of carboxylic acids is 1. The van der Waals surface area contributed by atoms with E-state index in [-0.39, 0.29) is 16.6 Å². The highest BCUT2D eigenvalue weighted by atomic mass is 35.5. The van der Waals surface area contributed by atoms with Crippen LogP contribution in [-0.4, -0.2) is 35.1 Å². The van der Waals surface area contributed by atoms with Gasteiger partial charge in [0.1, 0.15) is 0 Å². The van der Waals surface area contributed by atoms with Crippen molar-refractivity contribution in [1.82, 2.24) is 4.90 Å². The van der Waals surface area contributed by atoms with Gasteiger partial charge in [0.05, 0.1) is 10.6 Å². The van der Waals surface area contributed by atoms with E-state index < -0.39 is 5.97 Å². The number of hydrogen-bond donors (Lipinski definition) is 2. The van der Waals surface area contributed by atoms with E-state index in [1.165, 1.54) is 18.2 Å². The van der Waals surface area contributed by atoms with Crippen LogP contribution in [0.1, 0.15) is 37.0 Å². The van der Waals surface area contributed by atoms with E-state index in [2.05, 4.69) is 12.2 Å².